The summed E-state index contributed by atoms with van der Waals surface area (Å²) in [6.07, 6.45) is 9.42. The molecular weight excluding hydrogens is 613 g/mol. The lowest BCUT2D eigenvalue weighted by Gasteiger charge is -2.13. The lowest BCUT2D eigenvalue weighted by atomic mass is 10.0. The van der Waals surface area contributed by atoms with Crippen molar-refractivity contribution < 1.29 is 0 Å². The maximum absolute atomic E-state index is 5.15. The number of hydrogen-bond acceptors (Lipinski definition) is 4. The van der Waals surface area contributed by atoms with Gasteiger partial charge in [0.2, 0.25) is 0 Å². The van der Waals surface area contributed by atoms with Crippen LogP contribution in [0.25, 0.3) is 88.8 Å². The highest BCUT2D eigenvalue weighted by molar-refractivity contribution is 6.10. The topological polar surface area (TPSA) is 61.4 Å². The van der Waals surface area contributed by atoms with Gasteiger partial charge in [0, 0.05) is 57.1 Å². The van der Waals surface area contributed by atoms with Crippen LogP contribution >= 0.6 is 0 Å². The minimum Gasteiger partial charge on any atom is -0.308 e. The molecule has 0 bridgehead atoms. The average Bonchev–Trinajstić information content (AvgIpc) is 3.71. The Kier molecular flexibility index (Phi) is 6.39. The van der Waals surface area contributed by atoms with Crippen molar-refractivity contribution in [2.45, 2.75) is 0 Å². The smallest absolute Gasteiger partial charge is 0.0899 e. The Labute approximate surface area is 287 Å². The first-order valence-electron chi connectivity index (χ1n) is 16.6. The van der Waals surface area contributed by atoms with Gasteiger partial charge in [-0.3, -0.25) is 15.0 Å². The second kappa shape index (κ2) is 11.4. The molecule has 0 radical (unpaired) electrons. The third kappa shape index (κ3) is 4.50. The van der Waals surface area contributed by atoms with Crippen molar-refractivity contribution >= 4 is 43.6 Å². The fourth-order valence-electron chi connectivity index (χ4n) is 7.29. The van der Waals surface area contributed by atoms with E-state index in [0.717, 1.165) is 67.2 Å². The number of hydrogen-bond donors (Lipinski definition) is 0. The molecule has 0 aliphatic carbocycles. The van der Waals surface area contributed by atoms with Crippen LogP contribution in [0.3, 0.4) is 0 Å². The van der Waals surface area contributed by atoms with Crippen molar-refractivity contribution in [1.82, 2.24) is 29.1 Å². The summed E-state index contributed by atoms with van der Waals surface area (Å²) in [5, 5.41) is 4.79. The van der Waals surface area contributed by atoms with Gasteiger partial charge in [0.1, 0.15) is 0 Å². The van der Waals surface area contributed by atoms with Crippen LogP contribution in [0, 0.1) is 0 Å². The summed E-state index contributed by atoms with van der Waals surface area (Å²) in [6.45, 7) is 0. The van der Waals surface area contributed by atoms with Crippen LogP contribution in [-0.4, -0.2) is 29.1 Å². The minimum absolute atomic E-state index is 0.821. The summed E-state index contributed by atoms with van der Waals surface area (Å²) in [6, 6.07) is 48.8. The summed E-state index contributed by atoms with van der Waals surface area (Å²) >= 11 is 0. The van der Waals surface area contributed by atoms with E-state index in [-0.39, 0.29) is 0 Å². The molecule has 6 heterocycles. The summed E-state index contributed by atoms with van der Waals surface area (Å²) in [5.74, 6) is 0. The van der Waals surface area contributed by atoms with Gasteiger partial charge in [0.05, 0.1) is 51.5 Å². The number of para-hydroxylation sites is 2. The Morgan fingerprint density at radius 2 is 0.980 bits per heavy atom. The molecule has 0 unspecified atom stereocenters. The standard InChI is InChI=1S/C44H28N6/c1-3-13-41-34(10-1)36-19-22-45-27-43(36)49(41)32-17-15-29(16-18-32)39-25-31(26-40(48-39)38-12-5-6-21-47-38)30-8-7-9-33(24-30)50-42-14-4-2-11-35(42)37-20-23-46-28-44(37)50/h1-28H. The molecule has 50 heavy (non-hydrogen) atoms. The molecule has 10 aromatic rings. The molecule has 0 saturated carbocycles. The Morgan fingerprint density at radius 1 is 0.360 bits per heavy atom. The lowest BCUT2D eigenvalue weighted by molar-refractivity contribution is 1.16. The summed E-state index contributed by atoms with van der Waals surface area (Å²) in [7, 11) is 0. The van der Waals surface area contributed by atoms with Crippen LogP contribution in [0.2, 0.25) is 0 Å². The molecule has 0 spiro atoms. The molecule has 0 saturated heterocycles. The van der Waals surface area contributed by atoms with E-state index in [1.54, 1.807) is 0 Å². The van der Waals surface area contributed by atoms with Crippen molar-refractivity contribution in [1.29, 1.82) is 0 Å². The molecule has 0 N–H and O–H groups in total. The fourth-order valence-corrected chi connectivity index (χ4v) is 7.29. The highest BCUT2D eigenvalue weighted by atomic mass is 15.0. The van der Waals surface area contributed by atoms with E-state index in [2.05, 4.69) is 145 Å². The summed E-state index contributed by atoms with van der Waals surface area (Å²) in [4.78, 5) is 18.7. The SMILES string of the molecule is c1ccc(-c2cc(-c3cccc(-n4c5ccccc5c5ccncc54)c3)cc(-c3ccc(-n4c5ccccc5c5ccncc54)cc3)n2)nc1. The quantitative estimate of drug-likeness (QED) is 0.188. The highest BCUT2D eigenvalue weighted by Crippen LogP contribution is 2.36. The molecule has 234 valence electrons. The monoisotopic (exact) mass is 640 g/mol. The van der Waals surface area contributed by atoms with E-state index >= 15 is 0 Å². The van der Waals surface area contributed by atoms with Gasteiger partial charge in [-0.05, 0) is 83.9 Å². The van der Waals surface area contributed by atoms with Crippen molar-refractivity contribution in [2.24, 2.45) is 0 Å². The average molecular weight is 641 g/mol. The minimum atomic E-state index is 0.821. The van der Waals surface area contributed by atoms with Crippen LogP contribution in [0.5, 0.6) is 0 Å². The molecule has 0 fully saturated rings. The number of aromatic nitrogens is 6. The van der Waals surface area contributed by atoms with Crippen molar-refractivity contribution in [3.05, 3.63) is 171 Å². The number of fused-ring (bicyclic) bond motifs is 6. The Morgan fingerprint density at radius 3 is 1.66 bits per heavy atom. The van der Waals surface area contributed by atoms with Gasteiger partial charge in [0.25, 0.3) is 0 Å². The third-order valence-electron chi connectivity index (χ3n) is 9.56. The van der Waals surface area contributed by atoms with Crippen molar-refractivity contribution in [2.75, 3.05) is 0 Å². The zero-order valence-electron chi connectivity index (χ0n) is 26.8. The maximum atomic E-state index is 5.15. The maximum Gasteiger partial charge on any atom is 0.0899 e. The number of benzene rings is 4. The number of rotatable bonds is 5. The molecule has 0 aliphatic heterocycles. The molecule has 0 aliphatic rings. The molecule has 6 nitrogen and oxygen atoms in total. The first-order chi connectivity index (χ1) is 24.8. The third-order valence-corrected chi connectivity index (χ3v) is 9.56. The normalized spacial score (nSPS) is 11.6. The molecular formula is C44H28N6. The first-order valence-corrected chi connectivity index (χ1v) is 16.6. The van der Waals surface area contributed by atoms with Crippen molar-refractivity contribution in [3.63, 3.8) is 0 Å². The zero-order valence-corrected chi connectivity index (χ0v) is 26.8. The fraction of sp³-hybridized carbons (Fsp3) is 0. The number of pyridine rings is 4. The Hall–Kier alpha value is -6.92. The van der Waals surface area contributed by atoms with Crippen LogP contribution in [0.15, 0.2) is 171 Å². The van der Waals surface area contributed by atoms with Gasteiger partial charge in [0.15, 0.2) is 0 Å². The van der Waals surface area contributed by atoms with E-state index in [1.807, 2.05) is 49.2 Å². The Bertz CT molecular complexity index is 2760. The molecule has 0 atom stereocenters. The van der Waals surface area contributed by atoms with Crippen LogP contribution in [0.1, 0.15) is 0 Å². The summed E-state index contributed by atoms with van der Waals surface area (Å²) in [5.41, 5.74) is 12.3. The van der Waals surface area contributed by atoms with E-state index in [4.69, 9.17) is 4.98 Å². The first kappa shape index (κ1) is 28.1. The lowest BCUT2D eigenvalue weighted by Crippen LogP contribution is -1.96. The Balaban J connectivity index is 1.11. The van der Waals surface area contributed by atoms with Gasteiger partial charge >= 0.3 is 0 Å². The largest absolute Gasteiger partial charge is 0.308 e. The van der Waals surface area contributed by atoms with E-state index < -0.39 is 0 Å². The second-order valence-electron chi connectivity index (χ2n) is 12.4. The highest BCUT2D eigenvalue weighted by Gasteiger charge is 2.16. The van der Waals surface area contributed by atoms with Gasteiger partial charge in [-0.2, -0.15) is 0 Å². The van der Waals surface area contributed by atoms with Crippen LogP contribution in [0.4, 0.5) is 0 Å². The number of nitrogens with zero attached hydrogens (tertiary/aromatic N) is 6. The molecule has 6 heteroatoms. The van der Waals surface area contributed by atoms with Gasteiger partial charge in [-0.15, -0.1) is 0 Å². The summed E-state index contributed by atoms with van der Waals surface area (Å²) < 4.78 is 4.58. The van der Waals surface area contributed by atoms with Gasteiger partial charge in [-0.25, -0.2) is 4.98 Å². The van der Waals surface area contributed by atoms with E-state index in [0.29, 0.717) is 0 Å². The van der Waals surface area contributed by atoms with Crippen LogP contribution in [-0.2, 0) is 0 Å². The second-order valence-corrected chi connectivity index (χ2v) is 12.4. The molecule has 0 amide bonds. The molecule has 4 aromatic carbocycles. The van der Waals surface area contributed by atoms with Gasteiger partial charge in [-0.1, -0.05) is 66.7 Å². The predicted molar refractivity (Wildman–Crippen MR) is 203 cm³/mol. The molecule has 6 aromatic heterocycles. The van der Waals surface area contributed by atoms with E-state index in [9.17, 15) is 0 Å². The molecule has 10 rings (SSSR count). The van der Waals surface area contributed by atoms with Crippen molar-refractivity contribution in [3.8, 4) is 45.1 Å². The van der Waals surface area contributed by atoms with E-state index in [1.165, 1.54) is 21.5 Å². The van der Waals surface area contributed by atoms with Gasteiger partial charge < -0.3 is 9.13 Å². The van der Waals surface area contributed by atoms with Crippen LogP contribution < -0.4 is 0 Å². The predicted octanol–water partition coefficient (Wildman–Crippen LogP) is 10.5. The zero-order chi connectivity index (χ0) is 33.0.